The van der Waals surface area contributed by atoms with E-state index in [1.54, 1.807) is 17.0 Å². The van der Waals surface area contributed by atoms with E-state index in [9.17, 15) is 13.6 Å². The molecule has 1 aliphatic rings. The molecule has 2 aromatic heterocycles. The number of hydrogen-bond acceptors (Lipinski definition) is 5. The largest absolute Gasteiger partial charge is 0.354 e. The Morgan fingerprint density at radius 3 is 2.68 bits per heavy atom. The maximum atomic E-state index is 13.5. The van der Waals surface area contributed by atoms with Crippen LogP contribution in [-0.2, 0) is 5.92 Å². The van der Waals surface area contributed by atoms with Crippen LogP contribution in [-0.4, -0.2) is 29.1 Å². The van der Waals surface area contributed by atoms with Crippen LogP contribution in [0.3, 0.4) is 0 Å². The average molecular weight is 365 g/mol. The van der Waals surface area contributed by atoms with Crippen LogP contribution in [0.5, 0.6) is 0 Å². The monoisotopic (exact) mass is 365 g/mol. The highest BCUT2D eigenvalue weighted by Gasteiger charge is 2.34. The second-order valence-electron chi connectivity index (χ2n) is 6.23. The third kappa shape index (κ3) is 3.42. The lowest BCUT2D eigenvalue weighted by Crippen LogP contribution is -2.37. The van der Waals surface area contributed by atoms with E-state index in [4.69, 9.17) is 9.78 Å². The van der Waals surface area contributed by atoms with Gasteiger partial charge in [-0.3, -0.25) is 4.79 Å². The van der Waals surface area contributed by atoms with Crippen LogP contribution in [0.4, 0.5) is 8.78 Å². The van der Waals surface area contributed by atoms with Crippen molar-refractivity contribution in [2.45, 2.75) is 32.6 Å². The number of nitriles is 1. The van der Waals surface area contributed by atoms with Gasteiger partial charge in [0.05, 0.1) is 15.8 Å². The third-order valence-electron chi connectivity index (χ3n) is 4.34. The molecule has 0 aromatic carbocycles. The maximum absolute atomic E-state index is 13.5. The maximum Gasteiger partial charge on any atom is 0.304 e. The van der Waals surface area contributed by atoms with E-state index in [1.165, 1.54) is 18.3 Å². The number of nitrogens with zero attached hydrogens (tertiary/aromatic N) is 3. The molecule has 0 aliphatic carbocycles. The number of aromatic nitrogens is 1. The minimum atomic E-state index is -3.10. The first-order valence-corrected chi connectivity index (χ1v) is 8.76. The van der Waals surface area contributed by atoms with Gasteiger partial charge in [-0.1, -0.05) is 5.16 Å². The average Bonchev–Trinajstić information content (AvgIpc) is 3.20. The van der Waals surface area contributed by atoms with Gasteiger partial charge in [-0.15, -0.1) is 11.3 Å². The lowest BCUT2D eigenvalue weighted by molar-refractivity contribution is -0.0112. The first kappa shape index (κ1) is 17.5. The molecular formula is C17H17F2N3O2S. The molecule has 1 aliphatic heterocycles. The molecule has 8 heteroatoms. The fraction of sp³-hybridized carbons (Fsp3) is 0.471. The zero-order valence-corrected chi connectivity index (χ0v) is 14.7. The molecule has 25 heavy (non-hydrogen) atoms. The lowest BCUT2D eigenvalue weighted by atomic mass is 9.98. The molecule has 0 atom stereocenters. The number of piperidine rings is 1. The van der Waals surface area contributed by atoms with Crippen molar-refractivity contribution in [2.24, 2.45) is 5.92 Å². The summed E-state index contributed by atoms with van der Waals surface area (Å²) in [5.41, 5.74) is 0.618. The Morgan fingerprint density at radius 2 is 2.12 bits per heavy atom. The number of carbonyl (C=O) groups excluding carboxylic acids is 1. The van der Waals surface area contributed by atoms with Gasteiger partial charge in [0.1, 0.15) is 5.69 Å². The van der Waals surface area contributed by atoms with Gasteiger partial charge in [0, 0.05) is 31.5 Å². The molecule has 2 aromatic rings. The first-order valence-electron chi connectivity index (χ1n) is 7.95. The minimum absolute atomic E-state index is 0.00913. The molecule has 0 N–H and O–H groups in total. The van der Waals surface area contributed by atoms with Gasteiger partial charge in [-0.25, -0.2) is 0 Å². The predicted molar refractivity (Wildman–Crippen MR) is 88.4 cm³/mol. The highest BCUT2D eigenvalue weighted by molar-refractivity contribution is 7.17. The van der Waals surface area contributed by atoms with Crippen LogP contribution in [0, 0.1) is 24.2 Å². The number of carbonyl (C=O) groups is 1. The van der Waals surface area contributed by atoms with Crippen molar-refractivity contribution in [1.82, 2.24) is 10.1 Å². The summed E-state index contributed by atoms with van der Waals surface area (Å²) in [6, 6.07) is 5.61. The Labute approximate surface area is 147 Å². The summed E-state index contributed by atoms with van der Waals surface area (Å²) >= 11 is 1.21. The molecule has 3 rings (SSSR count). The molecule has 3 heterocycles. The van der Waals surface area contributed by atoms with E-state index >= 15 is 0 Å². The molecule has 1 saturated heterocycles. The molecule has 0 radical (unpaired) electrons. The van der Waals surface area contributed by atoms with Crippen LogP contribution in [0.1, 0.15) is 40.8 Å². The van der Waals surface area contributed by atoms with Crippen LogP contribution in [0.2, 0.25) is 0 Å². The Kier molecular flexibility index (Phi) is 4.60. The van der Waals surface area contributed by atoms with Crippen LogP contribution in [0.25, 0.3) is 10.6 Å². The van der Waals surface area contributed by atoms with Crippen LogP contribution in [0.15, 0.2) is 16.7 Å². The zero-order valence-electron chi connectivity index (χ0n) is 13.9. The number of hydrogen-bond donors (Lipinski definition) is 0. The van der Waals surface area contributed by atoms with Crippen molar-refractivity contribution >= 4 is 17.2 Å². The number of amides is 1. The number of halogens is 2. The number of alkyl halides is 2. The van der Waals surface area contributed by atoms with Crippen molar-refractivity contribution in [3.05, 3.63) is 28.3 Å². The summed E-state index contributed by atoms with van der Waals surface area (Å²) in [5, 5.41) is 12.7. The second kappa shape index (κ2) is 6.56. The summed E-state index contributed by atoms with van der Waals surface area (Å²) in [6.45, 7) is 3.41. The molecule has 1 fully saturated rings. The van der Waals surface area contributed by atoms with Gasteiger partial charge in [0.25, 0.3) is 5.91 Å². The fourth-order valence-electron chi connectivity index (χ4n) is 2.92. The van der Waals surface area contributed by atoms with Gasteiger partial charge in [0.15, 0.2) is 0 Å². The second-order valence-corrected chi connectivity index (χ2v) is 7.32. The zero-order chi connectivity index (χ0) is 18.2. The third-order valence-corrected chi connectivity index (χ3v) is 5.42. The Balaban J connectivity index is 1.78. The molecular weight excluding hydrogens is 348 g/mol. The summed E-state index contributed by atoms with van der Waals surface area (Å²) < 4.78 is 31.7. The van der Waals surface area contributed by atoms with Crippen molar-refractivity contribution in [3.63, 3.8) is 0 Å². The molecule has 0 saturated carbocycles. The van der Waals surface area contributed by atoms with Crippen molar-refractivity contribution in [1.29, 1.82) is 5.26 Å². The highest BCUT2D eigenvalue weighted by atomic mass is 32.1. The summed E-state index contributed by atoms with van der Waals surface area (Å²) in [4.78, 5) is 15.4. The van der Waals surface area contributed by atoms with Gasteiger partial charge < -0.3 is 9.42 Å². The molecule has 5 nitrogen and oxygen atoms in total. The van der Waals surface area contributed by atoms with E-state index in [0.717, 1.165) is 6.92 Å². The number of rotatable bonds is 3. The quantitative estimate of drug-likeness (QED) is 0.817. The number of thiophene rings is 1. The Bertz CT molecular complexity index is 824. The first-order chi connectivity index (χ1) is 11.8. The SMILES string of the molecule is Cc1c(-c2ccc(C(=O)N3CCC(C#N)CC3)s2)noc1C(C)(F)F. The van der Waals surface area contributed by atoms with Gasteiger partial charge >= 0.3 is 5.92 Å². The molecule has 0 unspecified atom stereocenters. The normalized spacial score (nSPS) is 16.0. The van der Waals surface area contributed by atoms with Crippen molar-refractivity contribution in [3.8, 4) is 16.6 Å². The van der Waals surface area contributed by atoms with E-state index < -0.39 is 11.7 Å². The number of likely N-dealkylation sites (tertiary alicyclic amines) is 1. The minimum Gasteiger partial charge on any atom is -0.354 e. The fourth-order valence-corrected chi connectivity index (χ4v) is 3.94. The molecule has 132 valence electrons. The predicted octanol–water partition coefficient (Wildman–Crippen LogP) is 4.20. The summed E-state index contributed by atoms with van der Waals surface area (Å²) in [6.07, 6.45) is 1.36. The van der Waals surface area contributed by atoms with E-state index in [1.807, 2.05) is 0 Å². The smallest absolute Gasteiger partial charge is 0.304 e. The van der Waals surface area contributed by atoms with Crippen molar-refractivity contribution < 1.29 is 18.1 Å². The molecule has 0 spiro atoms. The van der Waals surface area contributed by atoms with Gasteiger partial charge in [0.2, 0.25) is 5.76 Å². The summed E-state index contributed by atoms with van der Waals surface area (Å²) in [7, 11) is 0. The Hall–Kier alpha value is -2.27. The van der Waals surface area contributed by atoms with Crippen LogP contribution >= 0.6 is 11.3 Å². The standard InChI is InChI=1S/C17H17F2N3O2S/c1-10-14(21-24-15(10)17(2,18)19)12-3-4-13(25-12)16(23)22-7-5-11(9-20)6-8-22/h3-4,11H,5-8H2,1-2H3. The van der Waals surface area contributed by atoms with Gasteiger partial charge in [-0.05, 0) is 31.9 Å². The Morgan fingerprint density at radius 1 is 1.44 bits per heavy atom. The van der Waals surface area contributed by atoms with E-state index in [0.29, 0.717) is 41.4 Å². The topological polar surface area (TPSA) is 70.1 Å². The van der Waals surface area contributed by atoms with Crippen LogP contribution < -0.4 is 0 Å². The highest BCUT2D eigenvalue weighted by Crippen LogP contribution is 2.37. The molecule has 1 amide bonds. The van der Waals surface area contributed by atoms with Gasteiger partial charge in [-0.2, -0.15) is 14.0 Å². The molecule has 0 bridgehead atoms. The lowest BCUT2D eigenvalue weighted by Gasteiger charge is -2.28. The van der Waals surface area contributed by atoms with E-state index in [-0.39, 0.29) is 17.4 Å². The van der Waals surface area contributed by atoms with E-state index in [2.05, 4.69) is 11.2 Å². The van der Waals surface area contributed by atoms with Crippen molar-refractivity contribution in [2.75, 3.05) is 13.1 Å². The summed E-state index contributed by atoms with van der Waals surface area (Å²) in [5.74, 6) is -3.65.